The lowest BCUT2D eigenvalue weighted by molar-refractivity contribution is 1.11. The molecule has 1 aliphatic carbocycles. The Morgan fingerprint density at radius 3 is 2.04 bits per heavy atom. The Hall–Kier alpha value is -5.17. The van der Waals surface area contributed by atoms with Crippen LogP contribution < -0.4 is 0 Å². The standard InChI is InChI=1S/C19H3N9/c1-23-9-3-4-10-11(5-9)15(14(8-22)24-2)17-16(10)27-18-19(28-17)26-13(7-21)12(6-20)25-18/h3-5H/b15-14+. The van der Waals surface area contributed by atoms with Gasteiger partial charge in [0.15, 0.2) is 28.4 Å². The van der Waals surface area contributed by atoms with Gasteiger partial charge in [0.2, 0.25) is 0 Å². The summed E-state index contributed by atoms with van der Waals surface area (Å²) in [7, 11) is 0. The van der Waals surface area contributed by atoms with Crippen molar-refractivity contribution in [2.45, 2.75) is 0 Å². The lowest BCUT2D eigenvalue weighted by atomic mass is 10.0. The number of aromatic nitrogens is 4. The normalized spacial score (nSPS) is 12.5. The maximum Gasteiger partial charge on any atom is 0.271 e. The molecule has 0 fully saturated rings. The van der Waals surface area contributed by atoms with E-state index < -0.39 is 0 Å². The number of nitrogens with zero attached hydrogens (tertiary/aromatic N) is 9. The number of hydrogen-bond acceptors (Lipinski definition) is 7. The van der Waals surface area contributed by atoms with Crippen molar-refractivity contribution in [2.75, 3.05) is 0 Å². The van der Waals surface area contributed by atoms with Crippen LogP contribution in [0.4, 0.5) is 5.69 Å². The number of rotatable bonds is 0. The molecule has 0 saturated heterocycles. The van der Waals surface area contributed by atoms with Crippen molar-refractivity contribution in [1.29, 1.82) is 15.8 Å². The summed E-state index contributed by atoms with van der Waals surface area (Å²) in [5, 5.41) is 27.7. The molecule has 1 aromatic carbocycles. The third-order valence-electron chi connectivity index (χ3n) is 4.08. The first kappa shape index (κ1) is 16.3. The summed E-state index contributed by atoms with van der Waals surface area (Å²) in [6, 6.07) is 10.3. The molecule has 3 aromatic rings. The van der Waals surface area contributed by atoms with Gasteiger partial charge in [-0.3, -0.25) is 0 Å². The third-order valence-corrected chi connectivity index (χ3v) is 4.08. The first-order valence-electron chi connectivity index (χ1n) is 7.59. The molecule has 0 unspecified atom stereocenters. The van der Waals surface area contributed by atoms with Gasteiger partial charge in [-0.15, -0.1) is 0 Å². The Morgan fingerprint density at radius 1 is 0.857 bits per heavy atom. The maximum atomic E-state index is 9.39. The fourth-order valence-corrected chi connectivity index (χ4v) is 2.92. The van der Waals surface area contributed by atoms with E-state index in [2.05, 4.69) is 29.6 Å². The molecule has 0 N–H and O–H groups in total. The Kier molecular flexibility index (Phi) is 3.48. The molecule has 0 atom stereocenters. The molecule has 124 valence electrons. The number of nitriles is 3. The summed E-state index contributed by atoms with van der Waals surface area (Å²) in [5.41, 5.74) is 1.83. The van der Waals surface area contributed by atoms with Gasteiger partial charge in [-0.25, -0.2) is 34.9 Å². The predicted molar refractivity (Wildman–Crippen MR) is 94.5 cm³/mol. The zero-order valence-electron chi connectivity index (χ0n) is 13.8. The van der Waals surface area contributed by atoms with E-state index >= 15 is 0 Å². The summed E-state index contributed by atoms with van der Waals surface area (Å²) in [4.78, 5) is 23.5. The molecular formula is C19H3N9. The van der Waals surface area contributed by atoms with Crippen LogP contribution in [0.3, 0.4) is 0 Å². The molecule has 0 saturated carbocycles. The SMILES string of the molecule is [C-]#[N+]/C(C#N)=C1\c2cc([N+]#[C-])ccc2-c2nc3nc(C#N)c(C#N)nc3nc21. The monoisotopic (exact) mass is 357 g/mol. The minimum Gasteiger partial charge on any atom is -0.238 e. The van der Waals surface area contributed by atoms with E-state index in [4.69, 9.17) is 23.7 Å². The summed E-state index contributed by atoms with van der Waals surface area (Å²) < 4.78 is 0. The van der Waals surface area contributed by atoms with E-state index in [0.29, 0.717) is 22.5 Å². The molecule has 28 heavy (non-hydrogen) atoms. The first-order chi connectivity index (χ1) is 13.6. The molecule has 4 rings (SSSR count). The fourth-order valence-electron chi connectivity index (χ4n) is 2.92. The summed E-state index contributed by atoms with van der Waals surface area (Å²) >= 11 is 0. The Balaban J connectivity index is 2.16. The lowest BCUT2D eigenvalue weighted by Crippen LogP contribution is -2.02. The highest BCUT2D eigenvalue weighted by Crippen LogP contribution is 2.45. The van der Waals surface area contributed by atoms with Gasteiger partial charge < -0.3 is 0 Å². The van der Waals surface area contributed by atoms with Crippen LogP contribution in [-0.2, 0) is 0 Å². The first-order valence-corrected chi connectivity index (χ1v) is 7.59. The van der Waals surface area contributed by atoms with Crippen LogP contribution in [0.5, 0.6) is 0 Å². The minimum atomic E-state index is -0.196. The third kappa shape index (κ3) is 2.14. The molecule has 9 nitrogen and oxygen atoms in total. The Morgan fingerprint density at radius 2 is 1.50 bits per heavy atom. The lowest BCUT2D eigenvalue weighted by Gasteiger charge is -2.03. The fraction of sp³-hybridized carbons (Fsp3) is 0. The van der Waals surface area contributed by atoms with Crippen LogP contribution in [0.15, 0.2) is 23.9 Å². The second kappa shape index (κ2) is 5.97. The number of benzene rings is 1. The Labute approximate surface area is 157 Å². The zero-order valence-corrected chi connectivity index (χ0v) is 13.8. The summed E-state index contributed by atoms with van der Waals surface area (Å²) in [6.45, 7) is 14.5. The zero-order chi connectivity index (χ0) is 19.8. The topological polar surface area (TPSA) is 132 Å². The van der Waals surface area contributed by atoms with Crippen molar-refractivity contribution >= 4 is 22.6 Å². The molecule has 0 radical (unpaired) electrons. The van der Waals surface area contributed by atoms with Gasteiger partial charge in [0, 0.05) is 11.1 Å². The van der Waals surface area contributed by atoms with Gasteiger partial charge in [-0.2, -0.15) is 10.5 Å². The average Bonchev–Trinajstić information content (AvgIpc) is 3.04. The smallest absolute Gasteiger partial charge is 0.238 e. The van der Waals surface area contributed by atoms with Crippen molar-refractivity contribution in [3.05, 3.63) is 69.4 Å². The van der Waals surface area contributed by atoms with Crippen LogP contribution in [-0.4, -0.2) is 19.9 Å². The number of hydrogen-bond donors (Lipinski definition) is 0. The second-order valence-electron chi connectivity index (χ2n) is 5.50. The molecule has 1 aliphatic rings. The number of fused-ring (bicyclic) bond motifs is 4. The van der Waals surface area contributed by atoms with Crippen LogP contribution in [0.1, 0.15) is 22.6 Å². The van der Waals surface area contributed by atoms with E-state index in [1.165, 1.54) is 0 Å². The van der Waals surface area contributed by atoms with Gasteiger partial charge in [0.25, 0.3) is 5.70 Å². The van der Waals surface area contributed by atoms with Crippen molar-refractivity contribution in [1.82, 2.24) is 19.9 Å². The van der Waals surface area contributed by atoms with Crippen LogP contribution in [0.25, 0.3) is 37.8 Å². The van der Waals surface area contributed by atoms with E-state index in [1.54, 1.807) is 30.3 Å². The molecule has 2 heterocycles. The highest BCUT2D eigenvalue weighted by atomic mass is 15.0. The van der Waals surface area contributed by atoms with E-state index in [-0.39, 0.29) is 39.6 Å². The highest BCUT2D eigenvalue weighted by molar-refractivity contribution is 6.03. The van der Waals surface area contributed by atoms with Gasteiger partial charge >= 0.3 is 0 Å². The molecule has 0 bridgehead atoms. The highest BCUT2D eigenvalue weighted by Gasteiger charge is 2.30. The van der Waals surface area contributed by atoms with Crippen molar-refractivity contribution < 1.29 is 0 Å². The van der Waals surface area contributed by atoms with Gasteiger partial charge in [-0.05, 0) is 11.6 Å². The number of allylic oxidation sites excluding steroid dienone is 1. The van der Waals surface area contributed by atoms with Crippen molar-refractivity contribution in [3.8, 4) is 29.5 Å². The Bertz CT molecular complexity index is 1450. The van der Waals surface area contributed by atoms with E-state index in [0.717, 1.165) is 0 Å². The molecular weight excluding hydrogens is 354 g/mol. The van der Waals surface area contributed by atoms with Crippen molar-refractivity contribution in [3.63, 3.8) is 0 Å². The molecule has 0 amide bonds. The van der Waals surface area contributed by atoms with E-state index in [1.807, 2.05) is 6.07 Å². The summed E-state index contributed by atoms with van der Waals surface area (Å²) in [6.07, 6.45) is 0. The average molecular weight is 357 g/mol. The van der Waals surface area contributed by atoms with Crippen LogP contribution in [0.2, 0.25) is 0 Å². The van der Waals surface area contributed by atoms with E-state index in [9.17, 15) is 5.26 Å². The van der Waals surface area contributed by atoms with Crippen LogP contribution in [0, 0.1) is 47.1 Å². The molecule has 2 aromatic heterocycles. The van der Waals surface area contributed by atoms with Crippen LogP contribution >= 0.6 is 0 Å². The quantitative estimate of drug-likeness (QED) is 0.349. The predicted octanol–water partition coefficient (Wildman–Crippen LogP) is 2.90. The second-order valence-corrected chi connectivity index (χ2v) is 5.50. The molecule has 0 aliphatic heterocycles. The van der Waals surface area contributed by atoms with Crippen molar-refractivity contribution in [2.24, 2.45) is 0 Å². The summed E-state index contributed by atoms with van der Waals surface area (Å²) in [5.74, 6) is 0. The van der Waals surface area contributed by atoms with Gasteiger partial charge in [0.1, 0.15) is 12.1 Å². The van der Waals surface area contributed by atoms with Gasteiger partial charge in [0.05, 0.1) is 30.6 Å². The maximum absolute atomic E-state index is 9.39. The van der Waals surface area contributed by atoms with Gasteiger partial charge in [-0.1, -0.05) is 12.1 Å². The largest absolute Gasteiger partial charge is 0.271 e. The molecule has 9 heteroatoms. The molecule has 0 spiro atoms. The minimum absolute atomic E-state index is 0.0206.